The second-order valence-electron chi connectivity index (χ2n) is 17.4. The number of thiophene rings is 1. The number of allylic oxidation sites excluding steroid dienone is 3. The van der Waals surface area contributed by atoms with E-state index >= 15 is 0 Å². The fourth-order valence-electron chi connectivity index (χ4n) is 11.2. The van der Waals surface area contributed by atoms with Gasteiger partial charge in [0.2, 0.25) is 0 Å². The lowest BCUT2D eigenvalue weighted by molar-refractivity contribution is 0.516. The monoisotopic (exact) mass is 708 g/mol. The summed E-state index contributed by atoms with van der Waals surface area (Å²) in [5.74, 6) is 0.238. The van der Waals surface area contributed by atoms with Gasteiger partial charge in [-0.15, -0.1) is 11.3 Å². The van der Waals surface area contributed by atoms with Crippen LogP contribution < -0.4 is 0 Å². The highest BCUT2D eigenvalue weighted by Crippen LogP contribution is 2.61. The zero-order valence-electron chi connectivity index (χ0n) is 31.3. The van der Waals surface area contributed by atoms with Crippen molar-refractivity contribution in [2.45, 2.75) is 56.8 Å². The molecule has 0 nitrogen and oxygen atoms in total. The van der Waals surface area contributed by atoms with Crippen LogP contribution in [0, 0.1) is 0 Å². The quantitative estimate of drug-likeness (QED) is 0.168. The van der Waals surface area contributed by atoms with E-state index in [1.165, 1.54) is 110 Å². The van der Waals surface area contributed by atoms with Crippen molar-refractivity contribution >= 4 is 39.7 Å². The van der Waals surface area contributed by atoms with E-state index in [9.17, 15) is 0 Å². The lowest BCUT2D eigenvalue weighted by atomic mass is 9.58. The molecule has 12 rings (SSSR count). The van der Waals surface area contributed by atoms with Crippen molar-refractivity contribution < 1.29 is 0 Å². The minimum absolute atomic E-state index is 0.0647. The van der Waals surface area contributed by atoms with Gasteiger partial charge in [0, 0.05) is 37.1 Å². The average molecular weight is 709 g/mol. The summed E-state index contributed by atoms with van der Waals surface area (Å²) in [6.07, 6.45) is 12.4. The van der Waals surface area contributed by atoms with Gasteiger partial charge in [-0.25, -0.2) is 0 Å². The van der Waals surface area contributed by atoms with Crippen molar-refractivity contribution in [3.05, 3.63) is 182 Å². The van der Waals surface area contributed by atoms with Crippen molar-refractivity contribution in [2.24, 2.45) is 0 Å². The average Bonchev–Trinajstić information content (AvgIpc) is 3.77. The molecule has 0 saturated heterocycles. The van der Waals surface area contributed by atoms with Crippen LogP contribution in [0.1, 0.15) is 89.9 Å². The van der Waals surface area contributed by atoms with Crippen LogP contribution in [0.25, 0.3) is 72.8 Å². The molecule has 1 heteroatoms. The summed E-state index contributed by atoms with van der Waals surface area (Å²) in [4.78, 5) is 1.49. The Morgan fingerprint density at radius 2 is 1.04 bits per heavy atom. The Morgan fingerprint density at radius 3 is 1.69 bits per heavy atom. The SMILES string of the molecule is CC1(C)c2ccccc2-c2ccc(-c3cc(-c4ccc5c(c4)C(C)(C)c4ccccc4-5)c4c5c3C=CC3=Cc6c(sc7ccccc67)C(C)(C=C4)C35)cc21. The third kappa shape index (κ3) is 3.74. The van der Waals surface area contributed by atoms with Gasteiger partial charge in [0.25, 0.3) is 0 Å². The van der Waals surface area contributed by atoms with E-state index in [1.54, 1.807) is 0 Å². The summed E-state index contributed by atoms with van der Waals surface area (Å²) < 4.78 is 1.38. The Bertz CT molecular complexity index is 2950. The molecule has 6 aromatic carbocycles. The number of rotatable bonds is 2. The summed E-state index contributed by atoms with van der Waals surface area (Å²) in [6, 6.07) is 44.1. The minimum atomic E-state index is -0.144. The van der Waals surface area contributed by atoms with E-state index in [4.69, 9.17) is 0 Å². The Balaban J connectivity index is 1.13. The molecule has 54 heavy (non-hydrogen) atoms. The first-order valence-corrected chi connectivity index (χ1v) is 20.3. The predicted molar refractivity (Wildman–Crippen MR) is 230 cm³/mol. The van der Waals surface area contributed by atoms with Gasteiger partial charge >= 0.3 is 0 Å². The second kappa shape index (κ2) is 10.2. The molecule has 7 aromatic rings. The van der Waals surface area contributed by atoms with Gasteiger partial charge in [-0.3, -0.25) is 0 Å². The summed E-state index contributed by atoms with van der Waals surface area (Å²) in [7, 11) is 0. The highest BCUT2D eigenvalue weighted by Gasteiger charge is 2.48. The topological polar surface area (TPSA) is 0 Å². The molecule has 0 bridgehead atoms. The van der Waals surface area contributed by atoms with Crippen LogP contribution >= 0.6 is 11.3 Å². The third-order valence-corrected chi connectivity index (χ3v) is 15.4. The molecule has 0 fully saturated rings. The van der Waals surface area contributed by atoms with Crippen LogP contribution in [0.3, 0.4) is 0 Å². The van der Waals surface area contributed by atoms with Gasteiger partial charge < -0.3 is 0 Å². The van der Waals surface area contributed by atoms with Gasteiger partial charge in [0.1, 0.15) is 0 Å². The molecule has 0 aliphatic heterocycles. The van der Waals surface area contributed by atoms with Crippen molar-refractivity contribution in [3.8, 4) is 44.5 Å². The zero-order valence-corrected chi connectivity index (χ0v) is 32.2. The Hall–Kier alpha value is -5.50. The van der Waals surface area contributed by atoms with Crippen molar-refractivity contribution in [3.63, 3.8) is 0 Å². The molecule has 5 aliphatic rings. The van der Waals surface area contributed by atoms with Gasteiger partial charge in [0.15, 0.2) is 0 Å². The molecule has 0 spiro atoms. The number of fused-ring (bicyclic) bond motifs is 10. The fraction of sp³-hybridized carbons (Fsp3) is 0.170. The molecule has 0 amide bonds. The summed E-state index contributed by atoms with van der Waals surface area (Å²) in [5.41, 5.74) is 23.2. The van der Waals surface area contributed by atoms with E-state index in [0.29, 0.717) is 0 Å². The highest BCUT2D eigenvalue weighted by atomic mass is 32.1. The Morgan fingerprint density at radius 1 is 0.481 bits per heavy atom. The Labute approximate surface area is 321 Å². The zero-order chi connectivity index (χ0) is 36.3. The first kappa shape index (κ1) is 30.9. The van der Waals surface area contributed by atoms with Gasteiger partial charge in [-0.2, -0.15) is 0 Å². The molecule has 1 aromatic heterocycles. The van der Waals surface area contributed by atoms with Crippen LogP contribution in [0.4, 0.5) is 0 Å². The molecule has 1 heterocycles. The van der Waals surface area contributed by atoms with Gasteiger partial charge in [0.05, 0.1) is 0 Å². The standard InChI is InChI=1S/C53H40S/c1-51(2)43-15-9-6-12-33(43)35-21-18-30(27-45(35)51)40-29-41(31-19-22-36-34-13-7-10-16-44(34)52(3,4)46(36)28-31)39-24-25-53(5)49-32(20-23-38(40)48(39)49)26-42-37-14-8-11-17-47(37)54-50(42)53/h6-29,49H,1-5H3. The van der Waals surface area contributed by atoms with Crippen LogP contribution in [0.2, 0.25) is 0 Å². The molecule has 0 N–H and O–H groups in total. The van der Waals surface area contributed by atoms with Gasteiger partial charge in [-0.1, -0.05) is 150 Å². The third-order valence-electron chi connectivity index (χ3n) is 13.9. The van der Waals surface area contributed by atoms with Crippen molar-refractivity contribution in [1.82, 2.24) is 0 Å². The van der Waals surface area contributed by atoms with Crippen LogP contribution in [-0.2, 0) is 16.2 Å². The molecule has 2 atom stereocenters. The second-order valence-corrected chi connectivity index (χ2v) is 18.5. The summed E-state index contributed by atoms with van der Waals surface area (Å²) >= 11 is 1.99. The lowest BCUT2D eigenvalue weighted by Gasteiger charge is -2.45. The van der Waals surface area contributed by atoms with E-state index in [2.05, 4.69) is 180 Å². The Kier molecular flexibility index (Phi) is 5.82. The fourth-order valence-corrected chi connectivity index (χ4v) is 12.5. The van der Waals surface area contributed by atoms with Crippen molar-refractivity contribution in [1.29, 1.82) is 0 Å². The van der Waals surface area contributed by atoms with Crippen LogP contribution in [0.5, 0.6) is 0 Å². The van der Waals surface area contributed by atoms with E-state index < -0.39 is 0 Å². The molecular formula is C53H40S. The van der Waals surface area contributed by atoms with E-state index in [-0.39, 0.29) is 22.2 Å². The van der Waals surface area contributed by atoms with Crippen LogP contribution in [-0.4, -0.2) is 0 Å². The van der Waals surface area contributed by atoms with E-state index in [0.717, 1.165) is 0 Å². The molecule has 0 radical (unpaired) electrons. The van der Waals surface area contributed by atoms with Crippen molar-refractivity contribution in [2.75, 3.05) is 0 Å². The maximum absolute atomic E-state index is 2.55. The minimum Gasteiger partial charge on any atom is -0.139 e. The van der Waals surface area contributed by atoms with Crippen LogP contribution in [0.15, 0.2) is 133 Å². The first-order chi connectivity index (χ1) is 26.1. The normalized spacial score (nSPS) is 20.8. The molecule has 2 unspecified atom stereocenters. The molecule has 0 saturated carbocycles. The smallest absolute Gasteiger partial charge is 0.0352 e. The highest BCUT2D eigenvalue weighted by molar-refractivity contribution is 7.19. The first-order valence-electron chi connectivity index (χ1n) is 19.5. The van der Waals surface area contributed by atoms with Gasteiger partial charge in [-0.05, 0) is 125 Å². The largest absolute Gasteiger partial charge is 0.139 e. The number of hydrogen-bond donors (Lipinski definition) is 0. The maximum atomic E-state index is 2.55. The number of benzene rings is 6. The molecule has 258 valence electrons. The molecular weight excluding hydrogens is 669 g/mol. The molecule has 5 aliphatic carbocycles. The number of hydrogen-bond acceptors (Lipinski definition) is 1. The summed E-state index contributed by atoms with van der Waals surface area (Å²) in [6.45, 7) is 12.1. The summed E-state index contributed by atoms with van der Waals surface area (Å²) in [5, 5.41) is 1.38. The predicted octanol–water partition coefficient (Wildman–Crippen LogP) is 14.3. The lowest BCUT2D eigenvalue weighted by Crippen LogP contribution is -2.35. The maximum Gasteiger partial charge on any atom is 0.0352 e. The van der Waals surface area contributed by atoms with E-state index in [1.807, 2.05) is 11.3 Å².